The van der Waals surface area contributed by atoms with Gasteiger partial charge in [-0.1, -0.05) is 48.5 Å². The summed E-state index contributed by atoms with van der Waals surface area (Å²) in [7, 11) is 2.00. The number of carboxylic acids is 1. The molecule has 1 saturated heterocycles. The lowest BCUT2D eigenvalue weighted by Crippen LogP contribution is -2.60. The van der Waals surface area contributed by atoms with E-state index in [9.17, 15) is 19.5 Å². The van der Waals surface area contributed by atoms with Crippen LogP contribution in [0.4, 0.5) is 4.79 Å². The lowest BCUT2D eigenvalue weighted by molar-refractivity contribution is -0.144. The van der Waals surface area contributed by atoms with E-state index >= 15 is 0 Å². The fourth-order valence-electron chi connectivity index (χ4n) is 4.96. The standard InChI is InChI=1S/C26H31N3O5/c1-16-13-29(14-17(2)28(16)3)25(32)23(12-24(30)31)27-26(33)34-15-22-20-10-6-4-8-18(20)19-9-5-7-11-21(19)22/h4-11,16-17,22-23H,12-15H2,1-3H3,(H,27,33)(H,30,31). The van der Waals surface area contributed by atoms with Crippen molar-refractivity contribution < 1.29 is 24.2 Å². The summed E-state index contributed by atoms with van der Waals surface area (Å²) < 4.78 is 5.53. The Morgan fingerprint density at radius 1 is 1.00 bits per heavy atom. The Morgan fingerprint density at radius 3 is 2.06 bits per heavy atom. The molecule has 0 saturated carbocycles. The minimum absolute atomic E-state index is 0.0937. The normalized spacial score (nSPS) is 20.9. The summed E-state index contributed by atoms with van der Waals surface area (Å²) in [6.07, 6.45) is -1.30. The number of alkyl carbamates (subject to hydrolysis) is 1. The highest BCUT2D eigenvalue weighted by Gasteiger charge is 2.35. The van der Waals surface area contributed by atoms with Crippen LogP contribution in [-0.2, 0) is 14.3 Å². The van der Waals surface area contributed by atoms with Gasteiger partial charge >= 0.3 is 12.1 Å². The van der Waals surface area contributed by atoms with Crippen molar-refractivity contribution in [1.82, 2.24) is 15.1 Å². The smallest absolute Gasteiger partial charge is 0.407 e. The molecule has 0 aromatic heterocycles. The van der Waals surface area contributed by atoms with Crippen molar-refractivity contribution in [1.29, 1.82) is 0 Å². The SMILES string of the molecule is CC1CN(C(=O)C(CC(=O)O)NC(=O)OCC2c3ccccc3-c3ccccc32)CC(C)N1C. The van der Waals surface area contributed by atoms with Crippen LogP contribution >= 0.6 is 0 Å². The second-order valence-electron chi connectivity index (χ2n) is 9.23. The Balaban J connectivity index is 1.43. The van der Waals surface area contributed by atoms with Crippen LogP contribution < -0.4 is 5.32 Å². The van der Waals surface area contributed by atoms with Crippen molar-refractivity contribution in [2.45, 2.75) is 44.3 Å². The van der Waals surface area contributed by atoms with Gasteiger partial charge in [-0.25, -0.2) is 4.79 Å². The quantitative estimate of drug-likeness (QED) is 0.681. The first kappa shape index (κ1) is 23.8. The van der Waals surface area contributed by atoms with Crippen LogP contribution in [0.15, 0.2) is 48.5 Å². The third-order valence-electron chi connectivity index (χ3n) is 6.98. The molecule has 1 fully saturated rings. The maximum Gasteiger partial charge on any atom is 0.407 e. The molecule has 1 aliphatic heterocycles. The van der Waals surface area contributed by atoms with Crippen molar-refractivity contribution in [3.63, 3.8) is 0 Å². The molecule has 34 heavy (non-hydrogen) atoms. The van der Waals surface area contributed by atoms with Crippen molar-refractivity contribution in [3.8, 4) is 11.1 Å². The summed E-state index contributed by atoms with van der Waals surface area (Å²) >= 11 is 0. The second-order valence-corrected chi connectivity index (χ2v) is 9.23. The fraction of sp³-hybridized carbons (Fsp3) is 0.423. The van der Waals surface area contributed by atoms with Gasteiger partial charge in [-0.3, -0.25) is 14.5 Å². The number of carbonyl (C=O) groups is 3. The summed E-state index contributed by atoms with van der Waals surface area (Å²) in [6.45, 7) is 5.07. The number of carboxylic acid groups (broad SMARTS) is 1. The van der Waals surface area contributed by atoms with Gasteiger partial charge in [0.25, 0.3) is 0 Å². The third kappa shape index (κ3) is 4.77. The van der Waals surface area contributed by atoms with Gasteiger partial charge in [-0.05, 0) is 43.1 Å². The van der Waals surface area contributed by atoms with Gasteiger partial charge in [-0.2, -0.15) is 0 Å². The van der Waals surface area contributed by atoms with E-state index in [1.807, 2.05) is 69.4 Å². The molecule has 8 heteroatoms. The number of piperazine rings is 1. The first-order valence-electron chi connectivity index (χ1n) is 11.6. The lowest BCUT2D eigenvalue weighted by atomic mass is 9.98. The number of benzene rings is 2. The summed E-state index contributed by atoms with van der Waals surface area (Å²) in [5.41, 5.74) is 4.39. The van der Waals surface area contributed by atoms with E-state index in [1.54, 1.807) is 4.90 Å². The summed E-state index contributed by atoms with van der Waals surface area (Å²) in [4.78, 5) is 41.0. The van der Waals surface area contributed by atoms with Crippen LogP contribution in [0.2, 0.25) is 0 Å². The molecule has 180 valence electrons. The Bertz CT molecular complexity index is 1030. The van der Waals surface area contributed by atoms with Gasteiger partial charge in [0.05, 0.1) is 6.42 Å². The van der Waals surface area contributed by atoms with E-state index < -0.39 is 30.4 Å². The van der Waals surface area contributed by atoms with Crippen molar-refractivity contribution in [3.05, 3.63) is 59.7 Å². The number of fused-ring (bicyclic) bond motifs is 3. The minimum Gasteiger partial charge on any atom is -0.481 e. The molecule has 2 N–H and O–H groups in total. The van der Waals surface area contributed by atoms with E-state index in [-0.39, 0.29) is 24.6 Å². The van der Waals surface area contributed by atoms with Gasteiger partial charge in [0.15, 0.2) is 0 Å². The maximum absolute atomic E-state index is 13.1. The van der Waals surface area contributed by atoms with Crippen LogP contribution in [0.25, 0.3) is 11.1 Å². The average molecular weight is 466 g/mol. The highest BCUT2D eigenvalue weighted by Crippen LogP contribution is 2.44. The summed E-state index contributed by atoms with van der Waals surface area (Å²) in [6, 6.07) is 15.1. The van der Waals surface area contributed by atoms with Crippen LogP contribution in [0.1, 0.15) is 37.3 Å². The number of amides is 2. The number of carbonyl (C=O) groups excluding carboxylic acids is 2. The third-order valence-corrected chi connectivity index (χ3v) is 6.98. The average Bonchev–Trinajstić information content (AvgIpc) is 3.13. The Hall–Kier alpha value is -3.39. The zero-order valence-electron chi connectivity index (χ0n) is 19.7. The highest BCUT2D eigenvalue weighted by atomic mass is 16.5. The predicted octanol–water partition coefficient (Wildman–Crippen LogP) is 2.92. The lowest BCUT2D eigenvalue weighted by Gasteiger charge is -2.43. The Labute approximate surface area is 199 Å². The van der Waals surface area contributed by atoms with Crippen molar-refractivity contribution >= 4 is 18.0 Å². The fourth-order valence-corrected chi connectivity index (χ4v) is 4.96. The molecule has 2 aliphatic rings. The first-order valence-corrected chi connectivity index (χ1v) is 11.6. The second kappa shape index (κ2) is 9.85. The Kier molecular flexibility index (Phi) is 6.88. The molecule has 2 aromatic carbocycles. The highest BCUT2D eigenvalue weighted by molar-refractivity contribution is 5.89. The number of nitrogens with zero attached hydrogens (tertiary/aromatic N) is 2. The van der Waals surface area contributed by atoms with E-state index in [0.29, 0.717) is 13.1 Å². The molecule has 3 atom stereocenters. The number of aliphatic carboxylic acids is 1. The van der Waals surface area contributed by atoms with E-state index in [1.165, 1.54) is 0 Å². The molecule has 1 aliphatic carbocycles. The zero-order chi connectivity index (χ0) is 24.4. The largest absolute Gasteiger partial charge is 0.481 e. The van der Waals surface area contributed by atoms with Crippen LogP contribution in [0.3, 0.4) is 0 Å². The molecule has 0 bridgehead atoms. The number of hydrogen-bond acceptors (Lipinski definition) is 5. The summed E-state index contributed by atoms with van der Waals surface area (Å²) in [5, 5.41) is 11.9. The maximum atomic E-state index is 13.1. The molecule has 1 heterocycles. The van der Waals surface area contributed by atoms with Crippen molar-refractivity contribution in [2.75, 3.05) is 26.7 Å². The number of nitrogens with one attached hydrogen (secondary N) is 1. The molecule has 4 rings (SSSR count). The zero-order valence-corrected chi connectivity index (χ0v) is 19.7. The van der Waals surface area contributed by atoms with E-state index in [0.717, 1.165) is 22.3 Å². The number of rotatable bonds is 6. The molecule has 2 aromatic rings. The first-order chi connectivity index (χ1) is 16.3. The van der Waals surface area contributed by atoms with Gasteiger partial charge in [0, 0.05) is 31.1 Å². The van der Waals surface area contributed by atoms with E-state index in [4.69, 9.17) is 4.74 Å². The van der Waals surface area contributed by atoms with Gasteiger partial charge in [0.2, 0.25) is 5.91 Å². The molecule has 0 radical (unpaired) electrons. The Morgan fingerprint density at radius 2 is 1.53 bits per heavy atom. The molecular formula is C26H31N3O5. The molecule has 2 amide bonds. The van der Waals surface area contributed by atoms with Crippen molar-refractivity contribution in [2.24, 2.45) is 0 Å². The molecule has 8 nitrogen and oxygen atoms in total. The van der Waals surface area contributed by atoms with Gasteiger partial charge < -0.3 is 20.1 Å². The van der Waals surface area contributed by atoms with Crippen LogP contribution in [0.5, 0.6) is 0 Å². The topological polar surface area (TPSA) is 99.2 Å². The van der Waals surface area contributed by atoms with Crippen LogP contribution in [0, 0.1) is 0 Å². The van der Waals surface area contributed by atoms with Gasteiger partial charge in [-0.15, -0.1) is 0 Å². The van der Waals surface area contributed by atoms with E-state index in [2.05, 4.69) is 10.2 Å². The molecular weight excluding hydrogens is 434 g/mol. The van der Waals surface area contributed by atoms with Gasteiger partial charge in [0.1, 0.15) is 12.6 Å². The minimum atomic E-state index is -1.18. The number of likely N-dealkylation sites (N-methyl/N-ethyl adjacent to an activating group) is 1. The summed E-state index contributed by atoms with van der Waals surface area (Å²) in [5.74, 6) is -1.68. The monoisotopic (exact) mass is 465 g/mol. The predicted molar refractivity (Wildman–Crippen MR) is 128 cm³/mol. The number of ether oxygens (including phenoxy) is 1. The van der Waals surface area contributed by atoms with Crippen LogP contribution in [-0.4, -0.2) is 77.7 Å². The molecule has 3 unspecified atom stereocenters. The molecule has 0 spiro atoms. The number of hydrogen-bond donors (Lipinski definition) is 2.